The zero-order chi connectivity index (χ0) is 14.4. The van der Waals surface area contributed by atoms with E-state index in [1.807, 2.05) is 0 Å². The monoisotopic (exact) mass is 274 g/mol. The molecule has 1 aromatic rings. The third-order valence-electron chi connectivity index (χ3n) is 4.65. The van der Waals surface area contributed by atoms with Gasteiger partial charge in [-0.3, -0.25) is 0 Å². The number of rotatable bonds is 6. The fraction of sp³-hybridized carbons (Fsp3) is 0.667. The van der Waals surface area contributed by atoms with Crippen LogP contribution in [-0.2, 0) is 0 Å². The summed E-state index contributed by atoms with van der Waals surface area (Å²) in [5.41, 5.74) is 2.79. The number of anilines is 1. The molecule has 0 radical (unpaired) electrons. The number of benzene rings is 1. The van der Waals surface area contributed by atoms with Crippen LogP contribution in [0.2, 0.25) is 0 Å². The number of hydrogen-bond donors (Lipinski definition) is 1. The summed E-state index contributed by atoms with van der Waals surface area (Å²) >= 11 is 0. The third kappa shape index (κ3) is 3.99. The highest BCUT2D eigenvalue weighted by Crippen LogP contribution is 2.26. The molecule has 112 valence electrons. The summed E-state index contributed by atoms with van der Waals surface area (Å²) in [6.07, 6.45) is 5.24. The maximum absolute atomic E-state index is 3.55. The van der Waals surface area contributed by atoms with Gasteiger partial charge in [-0.2, -0.15) is 0 Å². The Morgan fingerprint density at radius 1 is 1.15 bits per heavy atom. The van der Waals surface area contributed by atoms with Crippen LogP contribution in [0.4, 0.5) is 5.69 Å². The van der Waals surface area contributed by atoms with E-state index < -0.39 is 0 Å². The van der Waals surface area contributed by atoms with Crippen LogP contribution in [0, 0.1) is 5.92 Å². The molecule has 0 aromatic heterocycles. The van der Waals surface area contributed by atoms with E-state index in [-0.39, 0.29) is 0 Å². The lowest BCUT2D eigenvalue weighted by Gasteiger charge is -2.33. The Morgan fingerprint density at radius 2 is 1.80 bits per heavy atom. The molecule has 20 heavy (non-hydrogen) atoms. The summed E-state index contributed by atoms with van der Waals surface area (Å²) in [7, 11) is 0. The topological polar surface area (TPSA) is 15.3 Å². The summed E-state index contributed by atoms with van der Waals surface area (Å²) < 4.78 is 0. The quantitative estimate of drug-likeness (QED) is 0.828. The van der Waals surface area contributed by atoms with Crippen LogP contribution in [0.1, 0.15) is 58.1 Å². The Bertz CT molecular complexity index is 377. The highest BCUT2D eigenvalue weighted by Gasteiger charge is 2.18. The van der Waals surface area contributed by atoms with Crippen LogP contribution in [-0.4, -0.2) is 19.6 Å². The normalized spacial score (nSPS) is 18.2. The molecule has 2 rings (SSSR count). The van der Waals surface area contributed by atoms with Crippen LogP contribution in [0.25, 0.3) is 0 Å². The number of nitrogens with zero attached hydrogens (tertiary/aromatic N) is 1. The molecule has 1 saturated heterocycles. The second-order valence-electron chi connectivity index (χ2n) is 6.11. The molecular formula is C18H30N2. The molecule has 0 saturated carbocycles. The Labute approximate surface area is 124 Å². The van der Waals surface area contributed by atoms with E-state index in [0.717, 1.165) is 12.5 Å². The Kier molecular flexibility index (Phi) is 5.90. The molecule has 0 bridgehead atoms. The summed E-state index contributed by atoms with van der Waals surface area (Å²) in [4.78, 5) is 2.54. The predicted octanol–water partition coefficient (Wildman–Crippen LogP) is 4.37. The van der Waals surface area contributed by atoms with Gasteiger partial charge in [0.15, 0.2) is 0 Å². The van der Waals surface area contributed by atoms with Gasteiger partial charge in [-0.25, -0.2) is 0 Å². The third-order valence-corrected chi connectivity index (χ3v) is 4.65. The van der Waals surface area contributed by atoms with Crippen LogP contribution >= 0.6 is 0 Å². The standard InChI is InChI=1S/C18H30N2/c1-4-12-19-15(3)17-6-8-18(9-7-17)20-13-10-16(5-2)11-14-20/h6-9,15-16,19H,4-5,10-14H2,1-3H3. The molecular weight excluding hydrogens is 244 g/mol. The fourth-order valence-corrected chi connectivity index (χ4v) is 3.05. The van der Waals surface area contributed by atoms with Gasteiger partial charge in [0.2, 0.25) is 0 Å². The van der Waals surface area contributed by atoms with Gasteiger partial charge in [-0.15, -0.1) is 0 Å². The second kappa shape index (κ2) is 7.68. The van der Waals surface area contributed by atoms with E-state index in [4.69, 9.17) is 0 Å². The van der Waals surface area contributed by atoms with Crippen LogP contribution in [0.15, 0.2) is 24.3 Å². The molecule has 2 heteroatoms. The molecule has 1 N–H and O–H groups in total. The molecule has 1 unspecified atom stereocenters. The first-order valence-electron chi connectivity index (χ1n) is 8.32. The van der Waals surface area contributed by atoms with E-state index in [9.17, 15) is 0 Å². The van der Waals surface area contributed by atoms with Crippen molar-refractivity contribution in [2.45, 2.75) is 52.5 Å². The van der Waals surface area contributed by atoms with Gasteiger partial charge in [0, 0.05) is 24.8 Å². The lowest BCUT2D eigenvalue weighted by molar-refractivity contribution is 0.395. The van der Waals surface area contributed by atoms with Gasteiger partial charge in [0.05, 0.1) is 0 Å². The van der Waals surface area contributed by atoms with E-state index >= 15 is 0 Å². The van der Waals surface area contributed by atoms with Gasteiger partial charge in [-0.1, -0.05) is 32.4 Å². The zero-order valence-electron chi connectivity index (χ0n) is 13.4. The molecule has 1 aliphatic rings. The minimum atomic E-state index is 0.454. The predicted molar refractivity (Wildman–Crippen MR) is 88.4 cm³/mol. The molecule has 1 atom stereocenters. The van der Waals surface area contributed by atoms with Crippen molar-refractivity contribution in [3.63, 3.8) is 0 Å². The highest BCUT2D eigenvalue weighted by atomic mass is 15.1. The molecule has 1 heterocycles. The Morgan fingerprint density at radius 3 is 2.35 bits per heavy atom. The SMILES string of the molecule is CCCNC(C)c1ccc(N2CCC(CC)CC2)cc1. The average molecular weight is 274 g/mol. The minimum Gasteiger partial charge on any atom is -0.372 e. The summed E-state index contributed by atoms with van der Waals surface area (Å²) in [6.45, 7) is 10.3. The van der Waals surface area contributed by atoms with Gasteiger partial charge in [0.1, 0.15) is 0 Å². The van der Waals surface area contributed by atoms with E-state index in [0.29, 0.717) is 6.04 Å². The van der Waals surface area contributed by atoms with E-state index in [2.05, 4.69) is 55.3 Å². The molecule has 0 spiro atoms. The molecule has 1 fully saturated rings. The average Bonchev–Trinajstić information content (AvgIpc) is 2.53. The van der Waals surface area contributed by atoms with Crippen LogP contribution < -0.4 is 10.2 Å². The van der Waals surface area contributed by atoms with E-state index in [1.54, 1.807) is 0 Å². The molecule has 0 aliphatic carbocycles. The van der Waals surface area contributed by atoms with Crippen molar-refractivity contribution < 1.29 is 0 Å². The molecule has 1 aromatic carbocycles. The van der Waals surface area contributed by atoms with Crippen molar-refractivity contribution >= 4 is 5.69 Å². The summed E-state index contributed by atoms with van der Waals surface area (Å²) in [5.74, 6) is 0.948. The largest absolute Gasteiger partial charge is 0.372 e. The minimum absolute atomic E-state index is 0.454. The lowest BCUT2D eigenvalue weighted by atomic mass is 9.94. The van der Waals surface area contributed by atoms with Crippen molar-refractivity contribution in [1.82, 2.24) is 5.32 Å². The maximum Gasteiger partial charge on any atom is 0.0366 e. The van der Waals surface area contributed by atoms with E-state index in [1.165, 1.54) is 50.0 Å². The van der Waals surface area contributed by atoms with Crippen molar-refractivity contribution in [2.75, 3.05) is 24.5 Å². The Hall–Kier alpha value is -1.02. The summed E-state index contributed by atoms with van der Waals surface area (Å²) in [6, 6.07) is 9.62. The van der Waals surface area contributed by atoms with Crippen molar-refractivity contribution in [2.24, 2.45) is 5.92 Å². The van der Waals surface area contributed by atoms with Crippen molar-refractivity contribution in [1.29, 1.82) is 0 Å². The van der Waals surface area contributed by atoms with Crippen molar-refractivity contribution in [3.8, 4) is 0 Å². The number of nitrogens with one attached hydrogen (secondary N) is 1. The van der Waals surface area contributed by atoms with Crippen LogP contribution in [0.3, 0.4) is 0 Å². The van der Waals surface area contributed by atoms with Crippen molar-refractivity contribution in [3.05, 3.63) is 29.8 Å². The van der Waals surface area contributed by atoms with Gasteiger partial charge >= 0.3 is 0 Å². The van der Waals surface area contributed by atoms with Crippen LogP contribution in [0.5, 0.6) is 0 Å². The molecule has 1 aliphatic heterocycles. The number of piperidine rings is 1. The molecule has 0 amide bonds. The smallest absolute Gasteiger partial charge is 0.0366 e. The van der Waals surface area contributed by atoms with Gasteiger partial charge in [-0.05, 0) is 56.3 Å². The second-order valence-corrected chi connectivity index (χ2v) is 6.11. The maximum atomic E-state index is 3.55. The lowest BCUT2D eigenvalue weighted by Crippen LogP contribution is -2.33. The molecule has 2 nitrogen and oxygen atoms in total. The summed E-state index contributed by atoms with van der Waals surface area (Å²) in [5, 5.41) is 3.55. The van der Waals surface area contributed by atoms with Gasteiger partial charge in [0.25, 0.3) is 0 Å². The first kappa shape index (κ1) is 15.4. The zero-order valence-corrected chi connectivity index (χ0v) is 13.4. The first-order valence-corrected chi connectivity index (χ1v) is 8.32. The van der Waals surface area contributed by atoms with Gasteiger partial charge < -0.3 is 10.2 Å². The number of hydrogen-bond acceptors (Lipinski definition) is 2. The highest BCUT2D eigenvalue weighted by molar-refractivity contribution is 5.48. The first-order chi connectivity index (χ1) is 9.74. The Balaban J connectivity index is 1.91. The fourth-order valence-electron chi connectivity index (χ4n) is 3.05.